The van der Waals surface area contributed by atoms with Crippen molar-refractivity contribution in [2.24, 2.45) is 5.92 Å². The van der Waals surface area contributed by atoms with Gasteiger partial charge in [0, 0.05) is 16.7 Å². The maximum absolute atomic E-state index is 13.6. The molecule has 1 amide bonds. The smallest absolute Gasteiger partial charge is 0.261 e. The van der Waals surface area contributed by atoms with Crippen LogP contribution in [0.1, 0.15) is 30.1 Å². The highest BCUT2D eigenvalue weighted by Crippen LogP contribution is 2.33. The standard InChI is InChI=1S/C12H13ClFNO3S/c1-2-7-5-11(7)15-12(16)9-6-8(19(13,17)18)3-4-10(9)14/h3-4,6-7,11H,2,5H2,1H3,(H,15,16). The molecule has 1 fully saturated rings. The Bertz CT molecular complexity index is 617. The number of hydrogen-bond acceptors (Lipinski definition) is 3. The highest BCUT2D eigenvalue weighted by molar-refractivity contribution is 8.13. The van der Waals surface area contributed by atoms with Crippen LogP contribution in [0, 0.1) is 11.7 Å². The third-order valence-electron chi connectivity index (χ3n) is 3.23. The van der Waals surface area contributed by atoms with Crippen LogP contribution < -0.4 is 5.32 Å². The van der Waals surface area contributed by atoms with Crippen molar-refractivity contribution in [2.45, 2.75) is 30.7 Å². The van der Waals surface area contributed by atoms with Gasteiger partial charge in [-0.1, -0.05) is 13.3 Å². The second-order valence-electron chi connectivity index (χ2n) is 4.56. The van der Waals surface area contributed by atoms with Crippen molar-refractivity contribution in [3.05, 3.63) is 29.6 Å². The number of carbonyl (C=O) groups excluding carboxylic acids is 1. The molecule has 19 heavy (non-hydrogen) atoms. The predicted octanol–water partition coefficient (Wildman–Crippen LogP) is 2.28. The van der Waals surface area contributed by atoms with Gasteiger partial charge in [0.15, 0.2) is 0 Å². The van der Waals surface area contributed by atoms with Crippen LogP contribution in [0.4, 0.5) is 4.39 Å². The predicted molar refractivity (Wildman–Crippen MR) is 69.1 cm³/mol. The van der Waals surface area contributed by atoms with Crippen molar-refractivity contribution < 1.29 is 17.6 Å². The van der Waals surface area contributed by atoms with Gasteiger partial charge >= 0.3 is 0 Å². The fourth-order valence-electron chi connectivity index (χ4n) is 1.95. The first-order valence-electron chi connectivity index (χ1n) is 5.88. The molecule has 0 radical (unpaired) electrons. The molecule has 2 atom stereocenters. The highest BCUT2D eigenvalue weighted by Gasteiger charge is 2.37. The van der Waals surface area contributed by atoms with E-state index in [1.54, 1.807) is 0 Å². The van der Waals surface area contributed by atoms with E-state index in [2.05, 4.69) is 5.32 Å². The molecule has 1 aromatic carbocycles. The maximum atomic E-state index is 13.6. The molecular weight excluding hydrogens is 293 g/mol. The van der Waals surface area contributed by atoms with E-state index in [0.29, 0.717) is 5.92 Å². The number of nitrogens with one attached hydrogen (secondary N) is 1. The van der Waals surface area contributed by atoms with E-state index in [-0.39, 0.29) is 16.5 Å². The third-order valence-corrected chi connectivity index (χ3v) is 4.58. The van der Waals surface area contributed by atoms with Gasteiger partial charge in [0.1, 0.15) is 5.82 Å². The average Bonchev–Trinajstić information content (AvgIpc) is 3.06. The molecule has 1 aromatic rings. The van der Waals surface area contributed by atoms with E-state index in [0.717, 1.165) is 31.0 Å². The van der Waals surface area contributed by atoms with Crippen molar-refractivity contribution in [1.29, 1.82) is 0 Å². The lowest BCUT2D eigenvalue weighted by Gasteiger charge is -2.06. The molecule has 0 aromatic heterocycles. The Hall–Kier alpha value is -1.14. The second-order valence-corrected chi connectivity index (χ2v) is 7.13. The van der Waals surface area contributed by atoms with Crippen LogP contribution in [0.3, 0.4) is 0 Å². The Balaban J connectivity index is 2.21. The zero-order valence-corrected chi connectivity index (χ0v) is 11.8. The number of rotatable bonds is 4. The van der Waals surface area contributed by atoms with Crippen LogP contribution in [-0.4, -0.2) is 20.4 Å². The van der Waals surface area contributed by atoms with E-state index in [9.17, 15) is 17.6 Å². The van der Waals surface area contributed by atoms with Gasteiger partial charge in [-0.2, -0.15) is 0 Å². The van der Waals surface area contributed by atoms with E-state index < -0.39 is 20.8 Å². The zero-order chi connectivity index (χ0) is 14.2. The summed E-state index contributed by atoms with van der Waals surface area (Å²) in [5, 5.41) is 2.67. The Kier molecular flexibility index (Phi) is 3.82. The first-order chi connectivity index (χ1) is 8.82. The van der Waals surface area contributed by atoms with Crippen molar-refractivity contribution in [2.75, 3.05) is 0 Å². The van der Waals surface area contributed by atoms with E-state index in [1.807, 2.05) is 6.92 Å². The fraction of sp³-hybridized carbons (Fsp3) is 0.417. The minimum Gasteiger partial charge on any atom is -0.349 e. The normalized spacial score (nSPS) is 22.1. The summed E-state index contributed by atoms with van der Waals surface area (Å²) in [6, 6.07) is 2.96. The topological polar surface area (TPSA) is 63.2 Å². The molecule has 0 aliphatic heterocycles. The molecule has 7 heteroatoms. The van der Waals surface area contributed by atoms with Gasteiger partial charge in [0.05, 0.1) is 10.5 Å². The summed E-state index contributed by atoms with van der Waals surface area (Å²) in [5.41, 5.74) is -0.302. The van der Waals surface area contributed by atoms with Gasteiger partial charge in [0.2, 0.25) is 0 Å². The molecular formula is C12H13ClFNO3S. The lowest BCUT2D eigenvalue weighted by Crippen LogP contribution is -2.27. The quantitative estimate of drug-likeness (QED) is 0.868. The number of benzene rings is 1. The van der Waals surface area contributed by atoms with Gasteiger partial charge in [-0.3, -0.25) is 4.79 Å². The summed E-state index contributed by atoms with van der Waals surface area (Å²) in [7, 11) is 1.19. The maximum Gasteiger partial charge on any atom is 0.261 e. The van der Waals surface area contributed by atoms with Crippen LogP contribution in [-0.2, 0) is 9.05 Å². The van der Waals surface area contributed by atoms with Crippen LogP contribution in [0.25, 0.3) is 0 Å². The number of hydrogen-bond donors (Lipinski definition) is 1. The summed E-state index contributed by atoms with van der Waals surface area (Å²) >= 11 is 0. The minimum absolute atomic E-state index is 0.0492. The first kappa shape index (κ1) is 14.3. The summed E-state index contributed by atoms with van der Waals surface area (Å²) in [6.45, 7) is 2.01. The molecule has 0 bridgehead atoms. The molecule has 1 aliphatic carbocycles. The summed E-state index contributed by atoms with van der Waals surface area (Å²) in [4.78, 5) is 11.6. The SMILES string of the molecule is CCC1CC1NC(=O)c1cc(S(=O)(=O)Cl)ccc1F. The highest BCUT2D eigenvalue weighted by atomic mass is 35.7. The Labute approximate surface area is 115 Å². The number of amides is 1. The van der Waals surface area contributed by atoms with E-state index in [4.69, 9.17) is 10.7 Å². The third kappa shape index (κ3) is 3.25. The number of halogens is 2. The van der Waals surface area contributed by atoms with Crippen molar-refractivity contribution in [1.82, 2.24) is 5.32 Å². The molecule has 104 valence electrons. The van der Waals surface area contributed by atoms with E-state index >= 15 is 0 Å². The molecule has 1 saturated carbocycles. The minimum atomic E-state index is -3.98. The molecule has 1 aliphatic rings. The molecule has 0 heterocycles. The van der Waals surface area contributed by atoms with Gasteiger partial charge in [-0.15, -0.1) is 0 Å². The molecule has 2 rings (SSSR count). The molecule has 0 saturated heterocycles. The summed E-state index contributed by atoms with van der Waals surface area (Å²) in [5.74, 6) is -0.956. The Morgan fingerprint density at radius 2 is 2.21 bits per heavy atom. The average molecular weight is 306 g/mol. The van der Waals surface area contributed by atoms with E-state index in [1.165, 1.54) is 0 Å². The van der Waals surface area contributed by atoms with Gasteiger partial charge < -0.3 is 5.32 Å². The molecule has 0 spiro atoms. The van der Waals surface area contributed by atoms with Crippen LogP contribution >= 0.6 is 10.7 Å². The molecule has 1 N–H and O–H groups in total. The Morgan fingerprint density at radius 3 is 2.74 bits per heavy atom. The lowest BCUT2D eigenvalue weighted by atomic mass is 10.2. The number of carbonyl (C=O) groups is 1. The summed E-state index contributed by atoms with van der Waals surface area (Å²) < 4.78 is 35.9. The van der Waals surface area contributed by atoms with Crippen molar-refractivity contribution in [3.8, 4) is 0 Å². The molecule has 4 nitrogen and oxygen atoms in total. The van der Waals surface area contributed by atoms with Crippen LogP contribution in [0.15, 0.2) is 23.1 Å². The monoisotopic (exact) mass is 305 g/mol. The van der Waals surface area contributed by atoms with Gasteiger partial charge in [-0.25, -0.2) is 12.8 Å². The largest absolute Gasteiger partial charge is 0.349 e. The molecule has 2 unspecified atom stereocenters. The Morgan fingerprint density at radius 1 is 1.53 bits per heavy atom. The van der Waals surface area contributed by atoms with Crippen LogP contribution in [0.5, 0.6) is 0 Å². The lowest BCUT2D eigenvalue weighted by molar-refractivity contribution is 0.0944. The van der Waals surface area contributed by atoms with Gasteiger partial charge in [-0.05, 0) is 30.5 Å². The summed E-state index contributed by atoms with van der Waals surface area (Å²) in [6.07, 6.45) is 1.82. The fourth-order valence-corrected chi connectivity index (χ4v) is 2.73. The second kappa shape index (κ2) is 5.09. The first-order valence-corrected chi connectivity index (χ1v) is 8.19. The van der Waals surface area contributed by atoms with Crippen LogP contribution in [0.2, 0.25) is 0 Å². The van der Waals surface area contributed by atoms with Gasteiger partial charge in [0.25, 0.3) is 15.0 Å². The van der Waals surface area contributed by atoms with Crippen molar-refractivity contribution in [3.63, 3.8) is 0 Å². The zero-order valence-electron chi connectivity index (χ0n) is 10.2. The van der Waals surface area contributed by atoms with Crippen molar-refractivity contribution >= 4 is 25.6 Å².